The molecule has 24 heavy (non-hydrogen) atoms. The molecule has 0 N–H and O–H groups in total. The Bertz CT molecular complexity index is 541. The fourth-order valence-electron chi connectivity index (χ4n) is 3.48. The number of carbonyl (C=O) groups is 1. The van der Waals surface area contributed by atoms with Crippen molar-refractivity contribution in [1.29, 1.82) is 0 Å². The van der Waals surface area contributed by atoms with Crippen LogP contribution < -0.4 is 4.74 Å². The van der Waals surface area contributed by atoms with E-state index in [1.54, 1.807) is 0 Å². The quantitative estimate of drug-likeness (QED) is 0.827. The summed E-state index contributed by atoms with van der Waals surface area (Å²) in [6, 6.07) is 6.30. The minimum absolute atomic E-state index is 0.179. The Morgan fingerprint density at radius 1 is 1.17 bits per heavy atom. The van der Waals surface area contributed by atoms with E-state index in [0.717, 1.165) is 57.9 Å². The molecule has 1 unspecified atom stereocenters. The van der Waals surface area contributed by atoms with Crippen LogP contribution in [0, 0.1) is 13.8 Å². The van der Waals surface area contributed by atoms with Gasteiger partial charge >= 0.3 is 0 Å². The van der Waals surface area contributed by atoms with Gasteiger partial charge in [0.25, 0.3) is 5.91 Å². The van der Waals surface area contributed by atoms with E-state index < -0.39 is 0 Å². The molecule has 0 radical (unpaired) electrons. The van der Waals surface area contributed by atoms with Crippen LogP contribution in [0.15, 0.2) is 18.2 Å². The highest BCUT2D eigenvalue weighted by molar-refractivity contribution is 5.81. The van der Waals surface area contributed by atoms with Gasteiger partial charge in [-0.05, 0) is 49.9 Å². The maximum Gasteiger partial charge on any atom is 0.251 e. The summed E-state index contributed by atoms with van der Waals surface area (Å²) in [5.74, 6) is 1.12. The fraction of sp³-hybridized carbons (Fsp3) is 0.632. The molecule has 1 amide bonds. The van der Waals surface area contributed by atoms with E-state index in [1.165, 1.54) is 11.1 Å². The maximum absolute atomic E-state index is 12.3. The fourth-order valence-corrected chi connectivity index (χ4v) is 3.48. The maximum atomic E-state index is 12.3. The minimum Gasteiger partial charge on any atom is -0.492 e. The van der Waals surface area contributed by atoms with Crippen molar-refractivity contribution in [3.05, 3.63) is 29.3 Å². The van der Waals surface area contributed by atoms with E-state index >= 15 is 0 Å². The smallest absolute Gasteiger partial charge is 0.251 e. The molecule has 2 aliphatic heterocycles. The predicted molar refractivity (Wildman–Crippen MR) is 93.4 cm³/mol. The van der Waals surface area contributed by atoms with Crippen LogP contribution in [0.4, 0.5) is 0 Å². The molecule has 2 fully saturated rings. The summed E-state index contributed by atoms with van der Waals surface area (Å²) < 4.78 is 11.4. The highest BCUT2D eigenvalue weighted by atomic mass is 16.5. The van der Waals surface area contributed by atoms with Crippen molar-refractivity contribution in [2.45, 2.75) is 32.8 Å². The molecule has 5 nitrogen and oxygen atoms in total. The number of hydrogen-bond donors (Lipinski definition) is 0. The number of piperazine rings is 1. The van der Waals surface area contributed by atoms with Crippen molar-refractivity contribution in [2.24, 2.45) is 0 Å². The monoisotopic (exact) mass is 332 g/mol. The van der Waals surface area contributed by atoms with Crippen LogP contribution in [-0.4, -0.2) is 67.7 Å². The molecule has 132 valence electrons. The van der Waals surface area contributed by atoms with Crippen molar-refractivity contribution in [2.75, 3.05) is 45.9 Å². The number of rotatable bonds is 5. The lowest BCUT2D eigenvalue weighted by Gasteiger charge is -2.35. The van der Waals surface area contributed by atoms with Gasteiger partial charge in [0.2, 0.25) is 0 Å². The van der Waals surface area contributed by atoms with Crippen LogP contribution >= 0.6 is 0 Å². The predicted octanol–water partition coefficient (Wildman–Crippen LogP) is 2.01. The van der Waals surface area contributed by atoms with Gasteiger partial charge in [-0.1, -0.05) is 6.07 Å². The van der Waals surface area contributed by atoms with Crippen LogP contribution in [0.1, 0.15) is 24.0 Å². The van der Waals surface area contributed by atoms with E-state index in [-0.39, 0.29) is 12.0 Å². The van der Waals surface area contributed by atoms with Gasteiger partial charge in [-0.25, -0.2) is 0 Å². The zero-order valence-electron chi connectivity index (χ0n) is 14.8. The Morgan fingerprint density at radius 2 is 1.88 bits per heavy atom. The molecule has 0 spiro atoms. The lowest BCUT2D eigenvalue weighted by atomic mass is 10.1. The molecular formula is C19H28N2O3. The normalized spacial score (nSPS) is 21.9. The summed E-state index contributed by atoms with van der Waals surface area (Å²) in [5.41, 5.74) is 2.46. The highest BCUT2D eigenvalue weighted by Gasteiger charge is 2.30. The first-order valence-corrected chi connectivity index (χ1v) is 8.96. The molecule has 2 saturated heterocycles. The number of benzene rings is 1. The molecule has 0 saturated carbocycles. The molecule has 3 rings (SSSR count). The summed E-state index contributed by atoms with van der Waals surface area (Å²) in [5, 5.41) is 0. The van der Waals surface area contributed by atoms with Gasteiger partial charge in [0.1, 0.15) is 18.5 Å². The van der Waals surface area contributed by atoms with Crippen LogP contribution in [0.3, 0.4) is 0 Å². The first kappa shape index (κ1) is 17.2. The van der Waals surface area contributed by atoms with Crippen LogP contribution in [0.25, 0.3) is 0 Å². The highest BCUT2D eigenvalue weighted by Crippen LogP contribution is 2.17. The molecule has 1 aromatic rings. The first-order valence-electron chi connectivity index (χ1n) is 8.96. The zero-order chi connectivity index (χ0) is 16.9. The molecule has 2 heterocycles. The lowest BCUT2D eigenvalue weighted by Crippen LogP contribution is -2.52. The topological polar surface area (TPSA) is 42.0 Å². The standard InChI is InChI=1S/C19H28N2O3/c1-15-12-16(2)14-17(13-15)23-11-9-20-5-7-21(8-6-20)19(22)18-4-3-10-24-18/h12-14,18H,3-11H2,1-2H3. The molecule has 1 aromatic carbocycles. The first-order chi connectivity index (χ1) is 11.6. The summed E-state index contributed by atoms with van der Waals surface area (Å²) in [6.07, 6.45) is 1.69. The van der Waals surface area contributed by atoms with Crippen molar-refractivity contribution >= 4 is 5.91 Å². The number of ether oxygens (including phenoxy) is 2. The van der Waals surface area contributed by atoms with Gasteiger partial charge in [-0.2, -0.15) is 0 Å². The minimum atomic E-state index is -0.190. The van der Waals surface area contributed by atoms with Crippen LogP contribution in [0.2, 0.25) is 0 Å². The van der Waals surface area contributed by atoms with E-state index in [0.29, 0.717) is 6.61 Å². The second kappa shape index (κ2) is 7.99. The van der Waals surface area contributed by atoms with Gasteiger partial charge in [0.15, 0.2) is 0 Å². The Morgan fingerprint density at radius 3 is 2.50 bits per heavy atom. The van der Waals surface area contributed by atoms with Gasteiger partial charge < -0.3 is 14.4 Å². The van der Waals surface area contributed by atoms with Crippen molar-refractivity contribution in [1.82, 2.24) is 9.80 Å². The number of hydrogen-bond acceptors (Lipinski definition) is 4. The van der Waals surface area contributed by atoms with Gasteiger partial charge in [-0.3, -0.25) is 9.69 Å². The lowest BCUT2D eigenvalue weighted by molar-refractivity contribution is -0.142. The SMILES string of the molecule is Cc1cc(C)cc(OCCN2CCN(C(=O)C3CCCO3)CC2)c1. The Hall–Kier alpha value is -1.59. The number of aryl methyl sites for hydroxylation is 2. The third-order valence-corrected chi connectivity index (χ3v) is 4.76. The van der Waals surface area contributed by atoms with E-state index in [1.807, 2.05) is 4.90 Å². The molecule has 0 aliphatic carbocycles. The molecule has 1 atom stereocenters. The molecular weight excluding hydrogens is 304 g/mol. The Balaban J connectivity index is 1.38. The van der Waals surface area contributed by atoms with E-state index in [4.69, 9.17) is 9.47 Å². The van der Waals surface area contributed by atoms with Crippen molar-refractivity contribution < 1.29 is 14.3 Å². The number of nitrogens with zero attached hydrogens (tertiary/aromatic N) is 2. The molecule has 0 bridgehead atoms. The number of carbonyl (C=O) groups excluding carboxylic acids is 1. The van der Waals surface area contributed by atoms with Crippen molar-refractivity contribution in [3.8, 4) is 5.75 Å². The van der Waals surface area contributed by atoms with Gasteiger partial charge in [-0.15, -0.1) is 0 Å². The molecule has 5 heteroatoms. The largest absolute Gasteiger partial charge is 0.492 e. The third kappa shape index (κ3) is 4.48. The Labute approximate surface area is 144 Å². The van der Waals surface area contributed by atoms with E-state index in [9.17, 15) is 4.79 Å². The second-order valence-electron chi connectivity index (χ2n) is 6.84. The van der Waals surface area contributed by atoms with Crippen LogP contribution in [0.5, 0.6) is 5.75 Å². The van der Waals surface area contributed by atoms with Gasteiger partial charge in [0, 0.05) is 39.3 Å². The summed E-state index contributed by atoms with van der Waals surface area (Å²) >= 11 is 0. The summed E-state index contributed by atoms with van der Waals surface area (Å²) in [7, 11) is 0. The third-order valence-electron chi connectivity index (χ3n) is 4.76. The molecule has 0 aromatic heterocycles. The summed E-state index contributed by atoms with van der Waals surface area (Å²) in [6.45, 7) is 9.89. The Kier molecular flexibility index (Phi) is 5.74. The average molecular weight is 332 g/mol. The molecule has 2 aliphatic rings. The zero-order valence-corrected chi connectivity index (χ0v) is 14.8. The number of amides is 1. The van der Waals surface area contributed by atoms with Gasteiger partial charge in [0.05, 0.1) is 0 Å². The van der Waals surface area contributed by atoms with Crippen LogP contribution in [-0.2, 0) is 9.53 Å². The van der Waals surface area contributed by atoms with E-state index in [2.05, 4.69) is 36.9 Å². The average Bonchev–Trinajstić information content (AvgIpc) is 3.08. The summed E-state index contributed by atoms with van der Waals surface area (Å²) in [4.78, 5) is 16.6. The van der Waals surface area contributed by atoms with Crippen molar-refractivity contribution in [3.63, 3.8) is 0 Å². The second-order valence-corrected chi connectivity index (χ2v) is 6.84.